The molecule has 0 aliphatic heterocycles. The second kappa shape index (κ2) is 15.8. The average molecular weight is 838 g/mol. The monoisotopic (exact) mass is 837 g/mol. The van der Waals surface area contributed by atoms with Crippen LogP contribution in [-0.4, -0.2) is 15.0 Å². The van der Waals surface area contributed by atoms with Crippen LogP contribution in [0.5, 0.6) is 0 Å². The number of fused-ring (bicyclic) bond motifs is 4. The van der Waals surface area contributed by atoms with Crippen molar-refractivity contribution >= 4 is 21.5 Å². The van der Waals surface area contributed by atoms with Crippen LogP contribution in [0, 0.1) is 22.7 Å². The zero-order valence-corrected chi connectivity index (χ0v) is 35.4. The molecule has 66 heavy (non-hydrogen) atoms. The van der Waals surface area contributed by atoms with E-state index in [0.29, 0.717) is 28.6 Å². The fourth-order valence-electron chi connectivity index (χ4n) is 9.45. The van der Waals surface area contributed by atoms with Gasteiger partial charge in [-0.05, 0) is 137 Å². The van der Waals surface area contributed by atoms with Crippen LogP contribution >= 0.6 is 0 Å². The van der Waals surface area contributed by atoms with Crippen molar-refractivity contribution in [2.75, 3.05) is 0 Å². The quantitative estimate of drug-likeness (QED) is 0.160. The number of hydrogen-bond donors (Lipinski definition) is 0. The number of nitriles is 2. The van der Waals surface area contributed by atoms with Crippen LogP contribution in [-0.2, 0) is 0 Å². The number of aromatic nitrogens is 3. The molecule has 0 amide bonds. The minimum Gasteiger partial charge on any atom is -0.208 e. The molecule has 11 aromatic rings. The van der Waals surface area contributed by atoms with Gasteiger partial charge in [-0.15, -0.1) is 0 Å². The Morgan fingerprint density at radius 3 is 1.24 bits per heavy atom. The molecule has 0 N–H and O–H groups in total. The zero-order chi connectivity index (χ0) is 44.1. The van der Waals surface area contributed by atoms with Gasteiger partial charge in [0.15, 0.2) is 17.5 Å². The molecule has 304 valence electrons. The molecule has 0 spiro atoms. The highest BCUT2D eigenvalue weighted by Crippen LogP contribution is 2.52. The molecule has 1 aliphatic rings. The van der Waals surface area contributed by atoms with Crippen molar-refractivity contribution in [3.63, 3.8) is 0 Å². The van der Waals surface area contributed by atoms with Crippen LogP contribution in [0.2, 0.25) is 0 Å². The Labute approximate surface area is 381 Å². The summed E-state index contributed by atoms with van der Waals surface area (Å²) in [7, 11) is 0. The Balaban J connectivity index is 1.03. The Hall–Kier alpha value is -9.29. The average Bonchev–Trinajstić information content (AvgIpc) is 3.73. The number of rotatable bonds is 7. The van der Waals surface area contributed by atoms with E-state index in [1.54, 1.807) is 0 Å². The third-order valence-corrected chi connectivity index (χ3v) is 12.7. The lowest BCUT2D eigenvalue weighted by Gasteiger charge is -2.17. The van der Waals surface area contributed by atoms with Crippen molar-refractivity contribution < 1.29 is 0 Å². The van der Waals surface area contributed by atoms with Gasteiger partial charge in [0.05, 0.1) is 23.3 Å². The fraction of sp³-hybridized carbons (Fsp3) is 0. The fourth-order valence-corrected chi connectivity index (χ4v) is 9.45. The minimum atomic E-state index is 0.602. The molecule has 10 aromatic carbocycles. The molecule has 1 heterocycles. The van der Waals surface area contributed by atoms with Crippen LogP contribution in [0.4, 0.5) is 0 Å². The first-order valence-electron chi connectivity index (χ1n) is 21.9. The van der Waals surface area contributed by atoms with Gasteiger partial charge in [-0.3, -0.25) is 0 Å². The highest BCUT2D eigenvalue weighted by molar-refractivity contribution is 6.22. The van der Waals surface area contributed by atoms with E-state index in [1.165, 1.54) is 33.0 Å². The van der Waals surface area contributed by atoms with Crippen LogP contribution in [0.25, 0.3) is 122 Å². The molecule has 1 aliphatic carbocycles. The smallest absolute Gasteiger partial charge is 0.164 e. The molecule has 0 fully saturated rings. The van der Waals surface area contributed by atoms with Gasteiger partial charge in [-0.25, -0.2) is 15.0 Å². The standard InChI is InChI=1S/C61H35N5/c62-36-38-14-18-41(19-15-38)48-33-49(42-20-16-39(37-63)17-21-42)35-50(34-48)52-29-31-56-54-13-7-6-12-53(54)55-30-28-51(57(52)58(55)56)43-23-25-45(26-24-43)60-64-59(44-9-2-1-3-10-44)65-61(66-60)47-27-22-40-8-4-5-11-46(40)32-47/h1-35H. The molecule has 0 unspecified atom stereocenters. The highest BCUT2D eigenvalue weighted by Gasteiger charge is 2.25. The van der Waals surface area contributed by atoms with E-state index in [2.05, 4.69) is 146 Å². The van der Waals surface area contributed by atoms with E-state index in [-0.39, 0.29) is 0 Å². The lowest BCUT2D eigenvalue weighted by molar-refractivity contribution is 1.07. The number of hydrogen-bond acceptors (Lipinski definition) is 5. The lowest BCUT2D eigenvalue weighted by atomic mass is 9.86. The summed E-state index contributed by atoms with van der Waals surface area (Å²) in [5, 5.41) is 23.9. The first-order chi connectivity index (χ1) is 32.6. The van der Waals surface area contributed by atoms with Crippen LogP contribution in [0.15, 0.2) is 212 Å². The topological polar surface area (TPSA) is 86.2 Å². The summed E-state index contributed by atoms with van der Waals surface area (Å²) in [4.78, 5) is 15.2. The van der Waals surface area contributed by atoms with Gasteiger partial charge in [0.2, 0.25) is 0 Å². The molecule has 0 saturated carbocycles. The maximum atomic E-state index is 9.59. The Morgan fingerprint density at radius 2 is 0.667 bits per heavy atom. The van der Waals surface area contributed by atoms with E-state index in [9.17, 15) is 10.5 Å². The summed E-state index contributed by atoms with van der Waals surface area (Å²) in [5.74, 6) is 1.84. The van der Waals surface area contributed by atoms with Crippen molar-refractivity contribution in [3.05, 3.63) is 223 Å². The minimum absolute atomic E-state index is 0.602. The van der Waals surface area contributed by atoms with Gasteiger partial charge in [-0.2, -0.15) is 10.5 Å². The van der Waals surface area contributed by atoms with Gasteiger partial charge < -0.3 is 0 Å². The molecule has 0 radical (unpaired) electrons. The molecule has 0 bridgehead atoms. The highest BCUT2D eigenvalue weighted by atomic mass is 15.0. The zero-order valence-electron chi connectivity index (χ0n) is 35.4. The van der Waals surface area contributed by atoms with Crippen molar-refractivity contribution in [2.24, 2.45) is 0 Å². The SMILES string of the molecule is N#Cc1ccc(-c2cc(-c3ccc(C#N)cc3)cc(-c3ccc4c5c(ccc(-c6ccc(-c7nc(-c8ccccc8)nc(-c8ccc9ccccc9c8)n7)cc6)c35)-c3ccccc3-4)c2)cc1. The molecular weight excluding hydrogens is 803 g/mol. The molecule has 0 atom stereocenters. The molecular formula is C61H35N5. The van der Waals surface area contributed by atoms with Crippen molar-refractivity contribution in [3.8, 4) is 113 Å². The molecule has 5 heteroatoms. The van der Waals surface area contributed by atoms with Crippen LogP contribution < -0.4 is 0 Å². The maximum absolute atomic E-state index is 9.59. The van der Waals surface area contributed by atoms with Crippen molar-refractivity contribution in [1.82, 2.24) is 15.0 Å². The third kappa shape index (κ3) is 6.68. The Kier molecular flexibility index (Phi) is 9.19. The maximum Gasteiger partial charge on any atom is 0.164 e. The van der Waals surface area contributed by atoms with E-state index in [0.717, 1.165) is 72.0 Å². The van der Waals surface area contributed by atoms with Gasteiger partial charge in [-0.1, -0.05) is 164 Å². The summed E-state index contributed by atoms with van der Waals surface area (Å²) in [6, 6.07) is 77.8. The molecule has 5 nitrogen and oxygen atoms in total. The van der Waals surface area contributed by atoms with E-state index < -0.39 is 0 Å². The summed E-state index contributed by atoms with van der Waals surface area (Å²) in [6.45, 7) is 0. The molecule has 12 rings (SSSR count). The van der Waals surface area contributed by atoms with Gasteiger partial charge in [0, 0.05) is 16.7 Å². The van der Waals surface area contributed by atoms with E-state index in [1.807, 2.05) is 78.9 Å². The third-order valence-electron chi connectivity index (χ3n) is 12.7. The van der Waals surface area contributed by atoms with Gasteiger partial charge in [0.1, 0.15) is 0 Å². The lowest BCUT2D eigenvalue weighted by Crippen LogP contribution is -2.00. The van der Waals surface area contributed by atoms with E-state index in [4.69, 9.17) is 15.0 Å². The van der Waals surface area contributed by atoms with Gasteiger partial charge in [0.25, 0.3) is 0 Å². The normalized spacial score (nSPS) is 11.3. The van der Waals surface area contributed by atoms with Crippen LogP contribution in [0.1, 0.15) is 11.1 Å². The largest absolute Gasteiger partial charge is 0.208 e. The first-order valence-corrected chi connectivity index (χ1v) is 21.9. The van der Waals surface area contributed by atoms with Crippen LogP contribution in [0.3, 0.4) is 0 Å². The molecule has 0 saturated heterocycles. The Bertz CT molecular complexity index is 3700. The summed E-state index contributed by atoms with van der Waals surface area (Å²) in [5.41, 5.74) is 17.3. The van der Waals surface area contributed by atoms with Gasteiger partial charge >= 0.3 is 0 Å². The summed E-state index contributed by atoms with van der Waals surface area (Å²) in [6.07, 6.45) is 0. The predicted molar refractivity (Wildman–Crippen MR) is 267 cm³/mol. The second-order valence-electron chi connectivity index (χ2n) is 16.6. The Morgan fingerprint density at radius 1 is 0.258 bits per heavy atom. The summed E-state index contributed by atoms with van der Waals surface area (Å²) >= 11 is 0. The second-order valence-corrected chi connectivity index (χ2v) is 16.6. The van der Waals surface area contributed by atoms with Crippen molar-refractivity contribution in [1.29, 1.82) is 10.5 Å². The van der Waals surface area contributed by atoms with E-state index >= 15 is 0 Å². The number of benzene rings is 10. The predicted octanol–water partition coefficient (Wildman–Crippen LogP) is 15.2. The molecule has 1 aromatic heterocycles. The summed E-state index contributed by atoms with van der Waals surface area (Å²) < 4.78 is 0. The van der Waals surface area contributed by atoms with Crippen molar-refractivity contribution in [2.45, 2.75) is 0 Å². The first kappa shape index (κ1) is 38.4. The number of nitrogens with zero attached hydrogens (tertiary/aromatic N) is 5.